The van der Waals surface area contributed by atoms with Crippen LogP contribution in [0.1, 0.15) is 36.3 Å². The second-order valence-electron chi connectivity index (χ2n) is 7.10. The average Bonchev–Trinajstić information content (AvgIpc) is 3.04. The molecule has 0 aliphatic carbocycles. The van der Waals surface area contributed by atoms with Crippen molar-refractivity contribution in [1.29, 1.82) is 0 Å². The predicted molar refractivity (Wildman–Crippen MR) is 96.7 cm³/mol. The highest BCUT2D eigenvalue weighted by Crippen LogP contribution is 2.21. The van der Waals surface area contributed by atoms with Crippen molar-refractivity contribution >= 4 is 5.91 Å². The first-order valence-electron chi connectivity index (χ1n) is 8.96. The number of aromatic amines is 1. The van der Waals surface area contributed by atoms with E-state index in [0.29, 0.717) is 11.6 Å². The number of nitrogens with zero attached hydrogens (tertiary/aromatic N) is 2. The van der Waals surface area contributed by atoms with Gasteiger partial charge in [0.1, 0.15) is 11.5 Å². The summed E-state index contributed by atoms with van der Waals surface area (Å²) in [5.41, 5.74) is 1.76. The number of benzene rings is 1. The Morgan fingerprint density at radius 1 is 1.24 bits per heavy atom. The Hall–Kier alpha value is -2.14. The Bertz CT molecular complexity index is 681. The van der Waals surface area contributed by atoms with Gasteiger partial charge in [0.15, 0.2) is 0 Å². The molecule has 1 aromatic carbocycles. The molecule has 1 unspecified atom stereocenters. The van der Waals surface area contributed by atoms with E-state index in [2.05, 4.69) is 23.7 Å². The third kappa shape index (κ3) is 4.28. The summed E-state index contributed by atoms with van der Waals surface area (Å²) in [5, 5.41) is 0. The van der Waals surface area contributed by atoms with Crippen molar-refractivity contribution in [3.63, 3.8) is 0 Å². The summed E-state index contributed by atoms with van der Waals surface area (Å²) in [6.45, 7) is 7.61. The molecule has 2 aromatic rings. The third-order valence-corrected chi connectivity index (χ3v) is 4.93. The van der Waals surface area contributed by atoms with Crippen LogP contribution in [-0.2, 0) is 6.54 Å². The van der Waals surface area contributed by atoms with Crippen molar-refractivity contribution in [2.24, 2.45) is 5.92 Å². The van der Waals surface area contributed by atoms with Crippen LogP contribution in [0, 0.1) is 11.7 Å². The van der Waals surface area contributed by atoms with Crippen molar-refractivity contribution in [2.45, 2.75) is 32.9 Å². The maximum absolute atomic E-state index is 13.1. The number of hydrogen-bond donors (Lipinski definition) is 1. The molecule has 0 bridgehead atoms. The SMILES string of the molecule is CC(C)C1CN(C(=O)c2ccc[nH]2)CCCN1Cc1ccc(F)cc1. The van der Waals surface area contributed by atoms with Crippen LogP contribution in [0.25, 0.3) is 0 Å². The Labute approximate surface area is 148 Å². The predicted octanol–water partition coefficient (Wildman–Crippen LogP) is 3.53. The van der Waals surface area contributed by atoms with Gasteiger partial charge in [-0.25, -0.2) is 4.39 Å². The van der Waals surface area contributed by atoms with Crippen LogP contribution in [-0.4, -0.2) is 46.4 Å². The fourth-order valence-electron chi connectivity index (χ4n) is 3.53. The zero-order valence-electron chi connectivity index (χ0n) is 14.9. The van der Waals surface area contributed by atoms with E-state index in [0.717, 1.165) is 38.2 Å². The first-order chi connectivity index (χ1) is 12.0. The Morgan fingerprint density at radius 3 is 2.64 bits per heavy atom. The molecule has 2 heterocycles. The van der Waals surface area contributed by atoms with Gasteiger partial charge in [-0.2, -0.15) is 0 Å². The van der Waals surface area contributed by atoms with Crippen molar-refractivity contribution in [1.82, 2.24) is 14.8 Å². The van der Waals surface area contributed by atoms with Crippen molar-refractivity contribution < 1.29 is 9.18 Å². The first-order valence-corrected chi connectivity index (χ1v) is 8.96. The van der Waals surface area contributed by atoms with Gasteiger partial charge in [-0.1, -0.05) is 26.0 Å². The molecule has 4 nitrogen and oxygen atoms in total. The zero-order valence-corrected chi connectivity index (χ0v) is 14.9. The van der Waals surface area contributed by atoms with E-state index in [-0.39, 0.29) is 17.8 Å². The van der Waals surface area contributed by atoms with Crippen LogP contribution in [0.2, 0.25) is 0 Å². The van der Waals surface area contributed by atoms with Gasteiger partial charge in [0, 0.05) is 38.4 Å². The summed E-state index contributed by atoms with van der Waals surface area (Å²) in [5.74, 6) is 0.291. The highest BCUT2D eigenvalue weighted by molar-refractivity contribution is 5.92. The molecule has 1 aromatic heterocycles. The lowest BCUT2D eigenvalue weighted by Crippen LogP contribution is -2.45. The van der Waals surface area contributed by atoms with Gasteiger partial charge in [0.2, 0.25) is 0 Å². The van der Waals surface area contributed by atoms with E-state index in [1.54, 1.807) is 6.20 Å². The maximum atomic E-state index is 13.1. The fourth-order valence-corrected chi connectivity index (χ4v) is 3.53. The highest BCUT2D eigenvalue weighted by Gasteiger charge is 2.30. The first kappa shape index (κ1) is 17.7. The topological polar surface area (TPSA) is 39.3 Å². The van der Waals surface area contributed by atoms with Gasteiger partial charge in [0.25, 0.3) is 5.91 Å². The lowest BCUT2D eigenvalue weighted by molar-refractivity contribution is 0.0697. The molecule has 0 spiro atoms. The summed E-state index contributed by atoms with van der Waals surface area (Å²) >= 11 is 0. The van der Waals surface area contributed by atoms with Crippen LogP contribution >= 0.6 is 0 Å². The van der Waals surface area contributed by atoms with E-state index in [1.165, 1.54) is 12.1 Å². The standard InChI is InChI=1S/C20H26FN3O/c1-15(2)19-14-24(20(25)18-5-3-10-22-18)12-4-11-23(19)13-16-6-8-17(21)9-7-16/h3,5-10,15,19,22H,4,11-14H2,1-2H3. The number of rotatable bonds is 4. The number of aromatic nitrogens is 1. The van der Waals surface area contributed by atoms with Crippen molar-refractivity contribution in [3.8, 4) is 0 Å². The minimum absolute atomic E-state index is 0.0688. The summed E-state index contributed by atoms with van der Waals surface area (Å²) < 4.78 is 13.1. The largest absolute Gasteiger partial charge is 0.357 e. The molecular formula is C20H26FN3O. The molecule has 1 aliphatic rings. The molecule has 134 valence electrons. The summed E-state index contributed by atoms with van der Waals surface area (Å²) in [6, 6.07) is 10.7. The Morgan fingerprint density at radius 2 is 2.00 bits per heavy atom. The average molecular weight is 343 g/mol. The van der Waals surface area contributed by atoms with Gasteiger partial charge in [-0.05, 0) is 42.2 Å². The number of amides is 1. The lowest BCUT2D eigenvalue weighted by atomic mass is 10.0. The molecule has 1 amide bonds. The maximum Gasteiger partial charge on any atom is 0.270 e. The van der Waals surface area contributed by atoms with E-state index in [4.69, 9.17) is 0 Å². The van der Waals surface area contributed by atoms with Crippen LogP contribution in [0.3, 0.4) is 0 Å². The number of carbonyl (C=O) groups excluding carboxylic acids is 1. The van der Waals surface area contributed by atoms with E-state index in [1.807, 2.05) is 29.2 Å². The third-order valence-electron chi connectivity index (χ3n) is 4.93. The van der Waals surface area contributed by atoms with Gasteiger partial charge in [0.05, 0.1) is 0 Å². The van der Waals surface area contributed by atoms with E-state index >= 15 is 0 Å². The fraction of sp³-hybridized carbons (Fsp3) is 0.450. The second-order valence-corrected chi connectivity index (χ2v) is 7.10. The smallest absolute Gasteiger partial charge is 0.270 e. The van der Waals surface area contributed by atoms with Crippen LogP contribution < -0.4 is 0 Å². The normalized spacial score (nSPS) is 19.2. The molecule has 0 saturated carbocycles. The Kier molecular flexibility index (Phi) is 5.53. The van der Waals surface area contributed by atoms with Crippen LogP contribution in [0.5, 0.6) is 0 Å². The number of carbonyl (C=O) groups is 1. The number of nitrogens with one attached hydrogen (secondary N) is 1. The van der Waals surface area contributed by atoms with Gasteiger partial charge in [-0.15, -0.1) is 0 Å². The number of H-pyrrole nitrogens is 1. The Balaban J connectivity index is 1.74. The molecule has 1 N–H and O–H groups in total. The quantitative estimate of drug-likeness (QED) is 0.922. The van der Waals surface area contributed by atoms with E-state index < -0.39 is 0 Å². The molecule has 25 heavy (non-hydrogen) atoms. The van der Waals surface area contributed by atoms with E-state index in [9.17, 15) is 9.18 Å². The molecule has 5 heteroatoms. The molecule has 1 aliphatic heterocycles. The monoisotopic (exact) mass is 343 g/mol. The molecule has 3 rings (SSSR count). The zero-order chi connectivity index (χ0) is 17.8. The summed E-state index contributed by atoms with van der Waals surface area (Å²) in [7, 11) is 0. The van der Waals surface area contributed by atoms with Gasteiger partial charge < -0.3 is 9.88 Å². The number of halogens is 1. The molecule has 1 saturated heterocycles. The highest BCUT2D eigenvalue weighted by atomic mass is 19.1. The van der Waals surface area contributed by atoms with Gasteiger partial charge in [-0.3, -0.25) is 9.69 Å². The second kappa shape index (κ2) is 7.83. The lowest BCUT2D eigenvalue weighted by Gasteiger charge is -2.34. The molecule has 1 atom stereocenters. The number of hydrogen-bond acceptors (Lipinski definition) is 2. The van der Waals surface area contributed by atoms with Crippen LogP contribution in [0.4, 0.5) is 4.39 Å². The summed E-state index contributed by atoms with van der Waals surface area (Å²) in [4.78, 5) is 20.1. The van der Waals surface area contributed by atoms with Crippen LogP contribution in [0.15, 0.2) is 42.6 Å². The molecule has 1 fully saturated rings. The molecular weight excluding hydrogens is 317 g/mol. The van der Waals surface area contributed by atoms with Crippen molar-refractivity contribution in [3.05, 3.63) is 59.7 Å². The minimum atomic E-state index is -0.206. The summed E-state index contributed by atoms with van der Waals surface area (Å²) in [6.07, 6.45) is 2.72. The minimum Gasteiger partial charge on any atom is -0.357 e. The van der Waals surface area contributed by atoms with Gasteiger partial charge >= 0.3 is 0 Å². The molecule has 0 radical (unpaired) electrons. The van der Waals surface area contributed by atoms with Crippen molar-refractivity contribution in [2.75, 3.05) is 19.6 Å².